The van der Waals surface area contributed by atoms with Crippen LogP contribution >= 0.6 is 0 Å². The number of hydrogen-bond donors (Lipinski definition) is 1. The van der Waals surface area contributed by atoms with E-state index in [1.807, 2.05) is 0 Å². The topological polar surface area (TPSA) is 90.0 Å². The molecular weight excluding hydrogens is 413 g/mol. The van der Waals surface area contributed by atoms with Crippen molar-refractivity contribution < 1.29 is 31.2 Å². The van der Waals surface area contributed by atoms with Gasteiger partial charge in [0.05, 0.1) is 30.6 Å². The number of hydrogen-bond acceptors (Lipinski definition) is 5. The largest absolute Gasteiger partial charge is 0.409 e. The molecule has 0 radical (unpaired) electrons. The minimum atomic E-state index is -4.79. The van der Waals surface area contributed by atoms with Gasteiger partial charge in [0.1, 0.15) is 6.04 Å². The van der Waals surface area contributed by atoms with Crippen molar-refractivity contribution in [2.24, 2.45) is 0 Å². The van der Waals surface area contributed by atoms with Crippen LogP contribution in [0.15, 0.2) is 24.3 Å². The number of rotatable bonds is 3. The summed E-state index contributed by atoms with van der Waals surface area (Å²) in [5.74, 6) is -1.62. The Morgan fingerprint density at radius 1 is 1.17 bits per heavy atom. The summed E-state index contributed by atoms with van der Waals surface area (Å²) in [5, 5.41) is 2.42. The van der Waals surface area contributed by atoms with Crippen LogP contribution in [-0.4, -0.2) is 80.6 Å². The lowest BCUT2D eigenvalue weighted by Crippen LogP contribution is -2.55. The second-order valence-corrected chi connectivity index (χ2v) is 9.01. The number of piperazine rings is 1. The van der Waals surface area contributed by atoms with E-state index in [0.717, 1.165) is 6.26 Å². The lowest BCUT2D eigenvalue weighted by molar-refractivity contribution is -0.158. The molecule has 1 saturated heterocycles. The summed E-state index contributed by atoms with van der Waals surface area (Å²) in [4.78, 5) is 27.2. The van der Waals surface area contributed by atoms with Crippen molar-refractivity contribution in [3.8, 4) is 0 Å². The van der Waals surface area contributed by atoms with E-state index in [1.54, 1.807) is 11.0 Å². The predicted octanol–water partition coefficient (Wildman–Crippen LogP) is 0.870. The van der Waals surface area contributed by atoms with E-state index in [1.165, 1.54) is 22.5 Å². The molecule has 8 nitrogen and oxygen atoms in total. The Kier molecular flexibility index (Phi) is 5.88. The number of para-hydroxylation sites is 2. The van der Waals surface area contributed by atoms with Crippen LogP contribution in [0.5, 0.6) is 0 Å². The third-order valence-electron chi connectivity index (χ3n) is 4.93. The summed E-state index contributed by atoms with van der Waals surface area (Å²) in [6, 6.07) is 3.57. The summed E-state index contributed by atoms with van der Waals surface area (Å²) < 4.78 is 65.5. The van der Waals surface area contributed by atoms with Crippen molar-refractivity contribution in [2.75, 3.05) is 49.2 Å². The molecule has 0 bridgehead atoms. The molecule has 0 aliphatic carbocycles. The first kappa shape index (κ1) is 21.5. The van der Waals surface area contributed by atoms with Gasteiger partial charge in [-0.15, -0.1) is 0 Å². The van der Waals surface area contributed by atoms with E-state index < -0.39 is 40.5 Å². The molecule has 3 rings (SSSR count). The molecule has 2 amide bonds. The Balaban J connectivity index is 1.84. The van der Waals surface area contributed by atoms with Crippen molar-refractivity contribution in [3.63, 3.8) is 0 Å². The predicted molar refractivity (Wildman–Crippen MR) is 99.9 cm³/mol. The molecule has 12 heteroatoms. The molecule has 1 aromatic carbocycles. The van der Waals surface area contributed by atoms with Gasteiger partial charge in [0.2, 0.25) is 21.8 Å². The van der Waals surface area contributed by atoms with Crippen molar-refractivity contribution in [1.82, 2.24) is 9.21 Å². The molecule has 2 aliphatic heterocycles. The van der Waals surface area contributed by atoms with Crippen molar-refractivity contribution >= 4 is 33.2 Å². The minimum absolute atomic E-state index is 0.0135. The zero-order valence-electron chi connectivity index (χ0n) is 15.6. The number of carbonyl (C=O) groups is 2. The quantitative estimate of drug-likeness (QED) is 0.763. The first-order valence-electron chi connectivity index (χ1n) is 8.92. The normalized spacial score (nSPS) is 22.0. The number of fused-ring (bicyclic) bond motifs is 1. The number of nitrogens with zero attached hydrogens (tertiary/aromatic N) is 3. The van der Waals surface area contributed by atoms with E-state index >= 15 is 0 Å². The Bertz CT molecular complexity index is 898. The lowest BCUT2D eigenvalue weighted by Gasteiger charge is -2.36. The highest BCUT2D eigenvalue weighted by atomic mass is 32.2. The second-order valence-electron chi connectivity index (χ2n) is 7.03. The average Bonchev–Trinajstić information content (AvgIpc) is 2.77. The highest BCUT2D eigenvalue weighted by Gasteiger charge is 2.49. The van der Waals surface area contributed by atoms with Crippen LogP contribution in [0.2, 0.25) is 0 Å². The number of benzene rings is 1. The third kappa shape index (κ3) is 4.87. The maximum Gasteiger partial charge on any atom is 0.409 e. The van der Waals surface area contributed by atoms with E-state index in [2.05, 4.69) is 5.32 Å². The van der Waals surface area contributed by atoms with Crippen LogP contribution in [0.25, 0.3) is 0 Å². The smallest absolute Gasteiger partial charge is 0.324 e. The first-order valence-corrected chi connectivity index (χ1v) is 10.8. The maximum absolute atomic E-state index is 13.7. The molecule has 0 aromatic heterocycles. The minimum Gasteiger partial charge on any atom is -0.324 e. The molecule has 1 fully saturated rings. The van der Waals surface area contributed by atoms with Gasteiger partial charge in [0, 0.05) is 26.2 Å². The van der Waals surface area contributed by atoms with E-state index in [9.17, 15) is 31.2 Å². The molecule has 0 spiro atoms. The average molecular weight is 434 g/mol. The van der Waals surface area contributed by atoms with Gasteiger partial charge in [-0.1, -0.05) is 12.1 Å². The standard InChI is InChI=1S/C17H21F3N4O4S/c1-29(27,28)23-8-6-22(7-9-23)11-16(26)24-13-5-3-2-4-12(13)21-15(25)10-14(24)17(18,19)20/h2-5,14H,6-11H2,1H3,(H,21,25). The number of carbonyl (C=O) groups excluding carboxylic acids is 2. The Labute approximate surface area is 166 Å². The third-order valence-corrected chi connectivity index (χ3v) is 6.24. The monoisotopic (exact) mass is 434 g/mol. The van der Waals surface area contributed by atoms with Crippen molar-refractivity contribution in [3.05, 3.63) is 24.3 Å². The SMILES string of the molecule is CS(=O)(=O)N1CCN(CC(=O)N2c3ccccc3NC(=O)CC2C(F)(F)F)CC1. The number of alkyl halides is 3. The maximum atomic E-state index is 13.7. The fraction of sp³-hybridized carbons (Fsp3) is 0.529. The van der Waals surface area contributed by atoms with Gasteiger partial charge in [-0.05, 0) is 12.1 Å². The zero-order valence-corrected chi connectivity index (χ0v) is 16.5. The molecule has 1 unspecified atom stereocenters. The van der Waals surface area contributed by atoms with Crippen LogP contribution in [0.1, 0.15) is 6.42 Å². The Morgan fingerprint density at radius 2 is 1.79 bits per heavy atom. The summed E-state index contributed by atoms with van der Waals surface area (Å²) in [6.45, 7) is 0.452. The van der Waals surface area contributed by atoms with Crippen molar-refractivity contribution in [1.29, 1.82) is 0 Å². The van der Waals surface area contributed by atoms with Gasteiger partial charge in [-0.2, -0.15) is 17.5 Å². The summed E-state index contributed by atoms with van der Waals surface area (Å²) >= 11 is 0. The highest BCUT2D eigenvalue weighted by molar-refractivity contribution is 7.88. The van der Waals surface area contributed by atoms with E-state index in [0.29, 0.717) is 4.90 Å². The van der Waals surface area contributed by atoms with Crippen molar-refractivity contribution in [2.45, 2.75) is 18.6 Å². The molecule has 160 valence electrons. The molecule has 0 saturated carbocycles. The molecule has 1 atom stereocenters. The number of sulfonamides is 1. The lowest BCUT2D eigenvalue weighted by atomic mass is 10.1. The second kappa shape index (κ2) is 7.92. The van der Waals surface area contributed by atoms with Crippen LogP contribution < -0.4 is 10.2 Å². The molecule has 1 N–H and O–H groups in total. The van der Waals surface area contributed by atoms with Crippen LogP contribution in [0.3, 0.4) is 0 Å². The summed E-state index contributed by atoms with van der Waals surface area (Å²) in [7, 11) is -3.36. The number of anilines is 2. The number of amides is 2. The van der Waals surface area contributed by atoms with Gasteiger partial charge in [0.25, 0.3) is 0 Å². The van der Waals surface area contributed by atoms with E-state index in [-0.39, 0.29) is 44.1 Å². The Morgan fingerprint density at radius 3 is 2.38 bits per heavy atom. The van der Waals surface area contributed by atoms with Gasteiger partial charge < -0.3 is 5.32 Å². The molecule has 2 aliphatic rings. The molecular formula is C17H21F3N4O4S. The van der Waals surface area contributed by atoms with Crippen LogP contribution in [0.4, 0.5) is 24.5 Å². The molecule has 2 heterocycles. The van der Waals surface area contributed by atoms with Gasteiger partial charge in [-0.25, -0.2) is 8.42 Å². The Hall–Kier alpha value is -2.18. The summed E-state index contributed by atoms with van der Waals surface area (Å²) in [5.41, 5.74) is 0.125. The fourth-order valence-electron chi connectivity index (χ4n) is 3.48. The fourth-order valence-corrected chi connectivity index (χ4v) is 4.31. The van der Waals surface area contributed by atoms with E-state index in [4.69, 9.17) is 0 Å². The van der Waals surface area contributed by atoms with Crippen LogP contribution in [-0.2, 0) is 19.6 Å². The number of nitrogens with one attached hydrogen (secondary N) is 1. The van der Waals surface area contributed by atoms with Gasteiger partial charge in [0.15, 0.2) is 0 Å². The number of halogens is 3. The van der Waals surface area contributed by atoms with Gasteiger partial charge >= 0.3 is 6.18 Å². The summed E-state index contributed by atoms with van der Waals surface area (Å²) in [6.07, 6.45) is -4.61. The zero-order chi connectivity index (χ0) is 21.4. The molecule has 1 aromatic rings. The first-order chi connectivity index (χ1) is 13.5. The van der Waals surface area contributed by atoms with Gasteiger partial charge in [-0.3, -0.25) is 19.4 Å². The highest BCUT2D eigenvalue weighted by Crippen LogP contribution is 2.37. The molecule has 29 heavy (non-hydrogen) atoms. The van der Waals surface area contributed by atoms with Crippen LogP contribution in [0, 0.1) is 0 Å².